The number of H-pyrrole nitrogens is 1. The predicted octanol–water partition coefficient (Wildman–Crippen LogP) is 5.55. The summed E-state index contributed by atoms with van der Waals surface area (Å²) in [5, 5.41) is 19.9. The average molecular weight is 603 g/mol. The maximum atomic E-state index is 13.9. The van der Waals surface area contributed by atoms with Gasteiger partial charge in [0.15, 0.2) is 6.10 Å². The van der Waals surface area contributed by atoms with Crippen LogP contribution in [-0.4, -0.2) is 32.4 Å². The summed E-state index contributed by atoms with van der Waals surface area (Å²) in [6.45, 7) is 0.0522. The second-order valence-corrected chi connectivity index (χ2v) is 11.2. The number of nitriles is 1. The number of carbonyl (C=O) groups excluding carboxylic acids is 1. The van der Waals surface area contributed by atoms with E-state index in [4.69, 9.17) is 4.98 Å². The molecule has 224 valence electrons. The van der Waals surface area contributed by atoms with Crippen LogP contribution in [0.4, 0.5) is 17.6 Å². The van der Waals surface area contributed by atoms with E-state index in [1.165, 1.54) is 23.1 Å². The summed E-state index contributed by atoms with van der Waals surface area (Å²) < 4.78 is 53.4. The van der Waals surface area contributed by atoms with E-state index in [-0.39, 0.29) is 29.8 Å². The SMILES string of the molecule is N#Cc1cc(-c2cccc(C3(c4nc5c(c(=O)[nH]4)CN(C(=O)[C@H](O)c4cccc(C(F)(F)F)c4)CCC5)CC3)c2)ccc1F. The minimum atomic E-state index is -4.63. The van der Waals surface area contributed by atoms with Crippen LogP contribution >= 0.6 is 0 Å². The Balaban J connectivity index is 1.27. The van der Waals surface area contributed by atoms with Crippen LogP contribution in [0, 0.1) is 17.1 Å². The van der Waals surface area contributed by atoms with Gasteiger partial charge in [0.25, 0.3) is 11.5 Å². The molecule has 3 aromatic carbocycles. The number of aliphatic hydroxyl groups excluding tert-OH is 1. The number of nitrogens with zero attached hydrogens (tertiary/aromatic N) is 3. The minimum Gasteiger partial charge on any atom is -0.378 e. The number of aliphatic hydroxyl groups is 1. The highest BCUT2D eigenvalue weighted by molar-refractivity contribution is 5.82. The Hall–Kier alpha value is -4.82. The molecule has 2 aliphatic rings. The molecule has 2 heterocycles. The lowest BCUT2D eigenvalue weighted by Crippen LogP contribution is -2.36. The van der Waals surface area contributed by atoms with Crippen molar-refractivity contribution in [1.29, 1.82) is 5.26 Å². The zero-order valence-electron chi connectivity index (χ0n) is 23.3. The second kappa shape index (κ2) is 11.0. The Kier molecular flexibility index (Phi) is 7.33. The minimum absolute atomic E-state index is 0.0549. The number of halogens is 4. The highest BCUT2D eigenvalue weighted by Gasteiger charge is 2.49. The number of aromatic nitrogens is 2. The molecule has 1 amide bonds. The molecule has 0 unspecified atom stereocenters. The zero-order valence-corrected chi connectivity index (χ0v) is 23.3. The Bertz CT molecular complexity index is 1870. The van der Waals surface area contributed by atoms with Crippen molar-refractivity contribution in [3.8, 4) is 17.2 Å². The Labute approximate surface area is 249 Å². The fraction of sp³-hybridized carbons (Fsp3) is 0.273. The number of carbonyl (C=O) groups is 1. The van der Waals surface area contributed by atoms with Crippen molar-refractivity contribution in [2.24, 2.45) is 0 Å². The van der Waals surface area contributed by atoms with E-state index < -0.39 is 40.5 Å². The first-order valence-corrected chi connectivity index (χ1v) is 14.1. The summed E-state index contributed by atoms with van der Waals surface area (Å²) in [5.41, 5.74) is 1.03. The van der Waals surface area contributed by atoms with Crippen LogP contribution in [0.1, 0.15) is 64.7 Å². The molecule has 0 saturated heterocycles. The maximum absolute atomic E-state index is 13.9. The maximum Gasteiger partial charge on any atom is 0.416 e. The first-order chi connectivity index (χ1) is 21.0. The second-order valence-electron chi connectivity index (χ2n) is 11.2. The molecule has 1 aliphatic heterocycles. The van der Waals surface area contributed by atoms with Crippen LogP contribution in [0.5, 0.6) is 0 Å². The van der Waals surface area contributed by atoms with Crippen LogP contribution in [0.25, 0.3) is 11.1 Å². The number of alkyl halides is 3. The van der Waals surface area contributed by atoms with Gasteiger partial charge in [-0.05, 0) is 72.2 Å². The number of rotatable bonds is 5. The standard InChI is InChI=1S/C33H26F4N4O3/c34-26-10-9-20(14-22(26)17-38)19-4-1-6-23(15-19)32(11-12-32)31-39-27-8-3-13-41(18-25(27)29(43)40-31)30(44)28(42)21-5-2-7-24(16-21)33(35,36)37/h1-2,4-7,9-10,14-16,28,42H,3,8,11-13,18H2,(H,39,40,43)/t28-/m1/s1. The van der Waals surface area contributed by atoms with Gasteiger partial charge in [0.1, 0.15) is 17.7 Å². The van der Waals surface area contributed by atoms with Crippen LogP contribution in [-0.2, 0) is 29.4 Å². The number of nitrogens with one attached hydrogen (secondary N) is 1. The molecule has 2 N–H and O–H groups in total. The Morgan fingerprint density at radius 3 is 2.55 bits per heavy atom. The van der Waals surface area contributed by atoms with Crippen LogP contribution in [0.3, 0.4) is 0 Å². The van der Waals surface area contributed by atoms with Crippen molar-refractivity contribution < 1.29 is 27.5 Å². The van der Waals surface area contributed by atoms with Gasteiger partial charge < -0.3 is 15.0 Å². The van der Waals surface area contributed by atoms with Crippen molar-refractivity contribution in [2.45, 2.75) is 49.9 Å². The molecule has 1 aliphatic carbocycles. The molecule has 7 nitrogen and oxygen atoms in total. The molecule has 44 heavy (non-hydrogen) atoms. The molecular formula is C33H26F4N4O3. The number of fused-ring (bicyclic) bond motifs is 1. The molecular weight excluding hydrogens is 576 g/mol. The molecule has 4 aromatic rings. The Morgan fingerprint density at radius 2 is 1.82 bits per heavy atom. The van der Waals surface area contributed by atoms with Gasteiger partial charge in [-0.2, -0.15) is 18.4 Å². The molecule has 1 aromatic heterocycles. The predicted molar refractivity (Wildman–Crippen MR) is 152 cm³/mol. The molecule has 0 radical (unpaired) electrons. The summed E-state index contributed by atoms with van der Waals surface area (Å²) in [4.78, 5) is 35.6. The number of benzene rings is 3. The number of hydrogen-bond donors (Lipinski definition) is 2. The van der Waals surface area contributed by atoms with Gasteiger partial charge in [0.2, 0.25) is 0 Å². The van der Waals surface area contributed by atoms with Gasteiger partial charge in [-0.15, -0.1) is 0 Å². The van der Waals surface area contributed by atoms with Gasteiger partial charge in [0, 0.05) is 6.54 Å². The fourth-order valence-corrected chi connectivity index (χ4v) is 5.81. The topological polar surface area (TPSA) is 110 Å². The van der Waals surface area contributed by atoms with E-state index in [9.17, 15) is 37.5 Å². The molecule has 11 heteroatoms. The normalized spacial score (nSPS) is 16.4. The van der Waals surface area contributed by atoms with Crippen LogP contribution < -0.4 is 5.56 Å². The lowest BCUT2D eigenvalue weighted by molar-refractivity contribution is -0.142. The highest BCUT2D eigenvalue weighted by atomic mass is 19.4. The van der Waals surface area contributed by atoms with E-state index in [1.54, 1.807) is 6.07 Å². The third-order valence-electron chi connectivity index (χ3n) is 8.41. The quantitative estimate of drug-likeness (QED) is 0.291. The fourth-order valence-electron chi connectivity index (χ4n) is 5.81. The monoisotopic (exact) mass is 602 g/mol. The van der Waals surface area contributed by atoms with Crippen molar-refractivity contribution >= 4 is 5.91 Å². The first-order valence-electron chi connectivity index (χ1n) is 14.1. The van der Waals surface area contributed by atoms with E-state index in [0.717, 1.165) is 42.2 Å². The van der Waals surface area contributed by atoms with Crippen molar-refractivity contribution in [3.05, 3.63) is 122 Å². The molecule has 6 rings (SSSR count). The average Bonchev–Trinajstić information content (AvgIpc) is 3.85. The highest BCUT2D eigenvalue weighted by Crippen LogP contribution is 2.52. The van der Waals surface area contributed by atoms with Crippen molar-refractivity contribution in [2.75, 3.05) is 6.54 Å². The van der Waals surface area contributed by atoms with Crippen molar-refractivity contribution in [3.63, 3.8) is 0 Å². The summed E-state index contributed by atoms with van der Waals surface area (Å²) in [6.07, 6.45) is -4.13. The van der Waals surface area contributed by atoms with E-state index in [2.05, 4.69) is 4.98 Å². The van der Waals surface area contributed by atoms with Gasteiger partial charge in [-0.1, -0.05) is 42.5 Å². The number of hydrogen-bond acceptors (Lipinski definition) is 5. The first kappa shape index (κ1) is 29.3. The summed E-state index contributed by atoms with van der Waals surface area (Å²) in [6, 6.07) is 17.8. The van der Waals surface area contributed by atoms with Crippen LogP contribution in [0.2, 0.25) is 0 Å². The molecule has 0 bridgehead atoms. The lowest BCUT2D eigenvalue weighted by Gasteiger charge is -2.24. The number of aromatic amines is 1. The third-order valence-corrected chi connectivity index (χ3v) is 8.41. The van der Waals surface area contributed by atoms with Gasteiger partial charge >= 0.3 is 6.18 Å². The van der Waals surface area contributed by atoms with E-state index in [1.807, 2.05) is 30.3 Å². The van der Waals surface area contributed by atoms with Crippen molar-refractivity contribution in [1.82, 2.24) is 14.9 Å². The lowest BCUT2D eigenvalue weighted by atomic mass is 9.91. The van der Waals surface area contributed by atoms with Gasteiger partial charge in [0.05, 0.1) is 34.3 Å². The smallest absolute Gasteiger partial charge is 0.378 e. The number of amides is 1. The van der Waals surface area contributed by atoms with Crippen LogP contribution in [0.15, 0.2) is 71.5 Å². The summed E-state index contributed by atoms with van der Waals surface area (Å²) in [5.74, 6) is -0.890. The summed E-state index contributed by atoms with van der Waals surface area (Å²) in [7, 11) is 0. The third kappa shape index (κ3) is 5.37. The zero-order chi connectivity index (χ0) is 31.2. The molecule has 1 atom stereocenters. The van der Waals surface area contributed by atoms with Gasteiger partial charge in [-0.25, -0.2) is 9.37 Å². The molecule has 1 saturated carbocycles. The van der Waals surface area contributed by atoms with E-state index >= 15 is 0 Å². The summed E-state index contributed by atoms with van der Waals surface area (Å²) >= 11 is 0. The van der Waals surface area contributed by atoms with E-state index in [0.29, 0.717) is 29.9 Å². The molecule has 1 fully saturated rings. The van der Waals surface area contributed by atoms with Gasteiger partial charge in [-0.3, -0.25) is 9.59 Å². The molecule has 0 spiro atoms. The largest absolute Gasteiger partial charge is 0.416 e. The Morgan fingerprint density at radius 1 is 1.07 bits per heavy atom. The number of aryl methyl sites for hydroxylation is 1.